The lowest BCUT2D eigenvalue weighted by Crippen LogP contribution is -2.21. The summed E-state index contributed by atoms with van der Waals surface area (Å²) in [7, 11) is 0. The molecule has 1 aliphatic heterocycles. The number of aromatic nitrogens is 1. The summed E-state index contributed by atoms with van der Waals surface area (Å²) < 4.78 is 5.66. The Bertz CT molecular complexity index is 776. The van der Waals surface area contributed by atoms with Crippen LogP contribution in [0.25, 0.3) is 6.08 Å². The largest absolute Gasteiger partial charge is 0.492 e. The maximum absolute atomic E-state index is 11.5. The van der Waals surface area contributed by atoms with Gasteiger partial charge in [0.05, 0.1) is 10.6 Å². The minimum atomic E-state index is -0.352. The lowest BCUT2D eigenvalue weighted by Gasteiger charge is -2.07. The summed E-state index contributed by atoms with van der Waals surface area (Å²) in [6.07, 6.45) is 3.46. The fraction of sp³-hybridized carbons (Fsp3) is 0.167. The number of pyridine rings is 1. The van der Waals surface area contributed by atoms with Crippen LogP contribution in [0, 0.1) is 0 Å². The average molecular weight is 355 g/mol. The van der Waals surface area contributed by atoms with Gasteiger partial charge < -0.3 is 10.1 Å². The maximum atomic E-state index is 11.5. The van der Waals surface area contributed by atoms with Crippen LogP contribution >= 0.6 is 11.8 Å². The summed E-state index contributed by atoms with van der Waals surface area (Å²) in [5.41, 5.74) is 1.83. The van der Waals surface area contributed by atoms with Crippen molar-refractivity contribution < 1.29 is 14.3 Å². The zero-order valence-corrected chi connectivity index (χ0v) is 14.2. The van der Waals surface area contributed by atoms with Gasteiger partial charge in [-0.1, -0.05) is 18.2 Å². The van der Waals surface area contributed by atoms with Crippen molar-refractivity contribution in [2.24, 2.45) is 0 Å². The molecule has 2 aromatic rings. The molecule has 6 nitrogen and oxygen atoms in total. The van der Waals surface area contributed by atoms with Crippen molar-refractivity contribution in [3.63, 3.8) is 0 Å². The van der Waals surface area contributed by atoms with Gasteiger partial charge in [-0.3, -0.25) is 19.9 Å². The van der Waals surface area contributed by atoms with E-state index in [9.17, 15) is 9.59 Å². The molecule has 0 bridgehead atoms. The van der Waals surface area contributed by atoms with Gasteiger partial charge in [0.15, 0.2) is 0 Å². The summed E-state index contributed by atoms with van der Waals surface area (Å²) >= 11 is 0.907. The molecule has 2 amide bonds. The first-order chi connectivity index (χ1) is 12.2. The number of benzene rings is 1. The van der Waals surface area contributed by atoms with Crippen molar-refractivity contribution in [2.45, 2.75) is 6.54 Å². The maximum Gasteiger partial charge on any atom is 0.290 e. The van der Waals surface area contributed by atoms with Gasteiger partial charge in [-0.25, -0.2) is 0 Å². The van der Waals surface area contributed by atoms with E-state index in [4.69, 9.17) is 4.74 Å². The summed E-state index contributed by atoms with van der Waals surface area (Å²) in [6, 6.07) is 13.2. The lowest BCUT2D eigenvalue weighted by molar-refractivity contribution is -0.115. The van der Waals surface area contributed by atoms with Gasteiger partial charge in [-0.2, -0.15) is 0 Å². The van der Waals surface area contributed by atoms with Gasteiger partial charge in [-0.05, 0) is 47.7 Å². The van der Waals surface area contributed by atoms with Crippen molar-refractivity contribution in [2.75, 3.05) is 13.2 Å². The molecule has 0 unspecified atom stereocenters. The summed E-state index contributed by atoms with van der Waals surface area (Å²) in [6.45, 7) is 1.95. The number of thioether (sulfide) groups is 1. The number of ether oxygens (including phenoxy) is 1. The highest BCUT2D eigenvalue weighted by atomic mass is 32.2. The molecule has 1 fully saturated rings. The third-order valence-electron chi connectivity index (χ3n) is 3.40. The Morgan fingerprint density at radius 3 is 2.68 bits per heavy atom. The van der Waals surface area contributed by atoms with E-state index >= 15 is 0 Å². The molecule has 2 N–H and O–H groups in total. The number of carbonyl (C=O) groups excluding carboxylic acids is 2. The van der Waals surface area contributed by atoms with Gasteiger partial charge in [0.25, 0.3) is 11.1 Å². The van der Waals surface area contributed by atoms with Crippen LogP contribution in [0.3, 0.4) is 0 Å². The number of amides is 2. The van der Waals surface area contributed by atoms with Crippen LogP contribution in [0.5, 0.6) is 5.75 Å². The standard InChI is InChI=1S/C18H17N3O3S/c22-17-16(25-18(23)21-17)11-13-4-6-15(7-5-13)24-10-9-19-12-14-3-1-2-8-20-14/h1-8,11,19H,9-10,12H2,(H,21,22,23)/b16-11-. The predicted molar refractivity (Wildman–Crippen MR) is 97.0 cm³/mol. The summed E-state index contributed by atoms with van der Waals surface area (Å²) in [5.74, 6) is 0.399. The molecule has 0 saturated carbocycles. The van der Waals surface area contributed by atoms with E-state index in [1.54, 1.807) is 12.3 Å². The molecule has 0 spiro atoms. The Morgan fingerprint density at radius 1 is 1.16 bits per heavy atom. The SMILES string of the molecule is O=C1NC(=O)/C(=C/c2ccc(OCCNCc3ccccn3)cc2)S1. The monoisotopic (exact) mass is 355 g/mol. The Labute approximate surface area is 149 Å². The van der Waals surface area contributed by atoms with Crippen LogP contribution < -0.4 is 15.4 Å². The molecule has 25 heavy (non-hydrogen) atoms. The number of nitrogens with zero attached hydrogens (tertiary/aromatic N) is 1. The van der Waals surface area contributed by atoms with Gasteiger partial charge >= 0.3 is 0 Å². The first-order valence-corrected chi connectivity index (χ1v) is 8.61. The minimum absolute atomic E-state index is 0.339. The first kappa shape index (κ1) is 17.2. The first-order valence-electron chi connectivity index (χ1n) is 7.79. The van der Waals surface area contributed by atoms with E-state index in [1.165, 1.54) is 0 Å². The molecule has 1 saturated heterocycles. The van der Waals surface area contributed by atoms with E-state index in [-0.39, 0.29) is 11.1 Å². The van der Waals surface area contributed by atoms with Crippen LogP contribution in [0.15, 0.2) is 53.6 Å². The molecular weight excluding hydrogens is 338 g/mol. The molecule has 2 heterocycles. The molecule has 3 rings (SSSR count). The molecule has 0 aliphatic carbocycles. The van der Waals surface area contributed by atoms with Crippen molar-refractivity contribution >= 4 is 29.0 Å². The topological polar surface area (TPSA) is 80.3 Å². The number of carbonyl (C=O) groups is 2. The highest BCUT2D eigenvalue weighted by Crippen LogP contribution is 2.26. The molecule has 0 radical (unpaired) electrons. The Kier molecular flexibility index (Phi) is 5.81. The molecule has 1 aliphatic rings. The van der Waals surface area contributed by atoms with Crippen molar-refractivity contribution in [3.05, 3.63) is 64.8 Å². The van der Waals surface area contributed by atoms with Crippen LogP contribution in [0.2, 0.25) is 0 Å². The Morgan fingerprint density at radius 2 is 2.00 bits per heavy atom. The summed E-state index contributed by atoms with van der Waals surface area (Å²) in [4.78, 5) is 27.3. The second kappa shape index (κ2) is 8.46. The molecule has 1 aromatic carbocycles. The highest BCUT2D eigenvalue weighted by Gasteiger charge is 2.24. The Hall–Kier alpha value is -2.64. The van der Waals surface area contributed by atoms with Crippen molar-refractivity contribution in [3.8, 4) is 5.75 Å². The fourth-order valence-corrected chi connectivity index (χ4v) is 2.88. The van der Waals surface area contributed by atoms with Gasteiger partial charge in [0.1, 0.15) is 12.4 Å². The van der Waals surface area contributed by atoms with Crippen molar-refractivity contribution in [1.29, 1.82) is 0 Å². The quantitative estimate of drug-likeness (QED) is 0.587. The number of rotatable bonds is 7. The van der Waals surface area contributed by atoms with Gasteiger partial charge in [0.2, 0.25) is 0 Å². The van der Waals surface area contributed by atoms with E-state index < -0.39 is 0 Å². The van der Waals surface area contributed by atoms with Crippen LogP contribution in [0.4, 0.5) is 4.79 Å². The number of hydrogen-bond donors (Lipinski definition) is 2. The van der Waals surface area contributed by atoms with E-state index in [0.29, 0.717) is 24.6 Å². The third kappa shape index (κ3) is 5.17. The second-order valence-corrected chi connectivity index (χ2v) is 6.28. The molecule has 7 heteroatoms. The fourth-order valence-electron chi connectivity index (χ4n) is 2.19. The van der Waals surface area contributed by atoms with E-state index in [2.05, 4.69) is 15.6 Å². The van der Waals surface area contributed by atoms with Crippen LogP contribution in [0.1, 0.15) is 11.3 Å². The van der Waals surface area contributed by atoms with Crippen LogP contribution in [-0.2, 0) is 11.3 Å². The van der Waals surface area contributed by atoms with E-state index in [1.807, 2.05) is 42.5 Å². The molecular formula is C18H17N3O3S. The second-order valence-electron chi connectivity index (χ2n) is 5.27. The predicted octanol–water partition coefficient (Wildman–Crippen LogP) is 2.57. The molecule has 1 aromatic heterocycles. The Balaban J connectivity index is 1.43. The highest BCUT2D eigenvalue weighted by molar-refractivity contribution is 8.18. The number of hydrogen-bond acceptors (Lipinski definition) is 6. The zero-order valence-electron chi connectivity index (χ0n) is 13.4. The normalized spacial score (nSPS) is 15.4. The average Bonchev–Trinajstić information content (AvgIpc) is 2.94. The van der Waals surface area contributed by atoms with Gasteiger partial charge in [-0.15, -0.1) is 0 Å². The molecule has 128 valence electrons. The minimum Gasteiger partial charge on any atom is -0.492 e. The van der Waals surface area contributed by atoms with Gasteiger partial charge in [0, 0.05) is 19.3 Å². The number of imide groups is 1. The van der Waals surface area contributed by atoms with Crippen molar-refractivity contribution in [1.82, 2.24) is 15.6 Å². The van der Waals surface area contributed by atoms with Crippen LogP contribution in [-0.4, -0.2) is 29.3 Å². The molecule has 0 atom stereocenters. The number of nitrogens with one attached hydrogen (secondary N) is 2. The zero-order chi connectivity index (χ0) is 17.5. The summed E-state index contributed by atoms with van der Waals surface area (Å²) in [5, 5.41) is 5.16. The van der Waals surface area contributed by atoms with E-state index in [0.717, 1.165) is 28.8 Å². The smallest absolute Gasteiger partial charge is 0.290 e. The third-order valence-corrected chi connectivity index (χ3v) is 4.21. The lowest BCUT2D eigenvalue weighted by atomic mass is 10.2.